The Kier molecular flexibility index (Phi) is 7.22. The van der Waals surface area contributed by atoms with Gasteiger partial charge in [0.2, 0.25) is 0 Å². The predicted molar refractivity (Wildman–Crippen MR) is 82.1 cm³/mol. The smallest absolute Gasteiger partial charge is 0.310 e. The van der Waals surface area contributed by atoms with Crippen molar-refractivity contribution in [3.8, 4) is 11.5 Å². The fraction of sp³-hybridized carbons (Fsp3) is 0.500. The molecule has 122 valence electrons. The average molecular weight is 309 g/mol. The quantitative estimate of drug-likeness (QED) is 0.740. The lowest BCUT2D eigenvalue weighted by Gasteiger charge is -2.12. The van der Waals surface area contributed by atoms with Gasteiger partial charge < -0.3 is 19.5 Å². The first-order chi connectivity index (χ1) is 10.5. The van der Waals surface area contributed by atoms with Gasteiger partial charge in [0.15, 0.2) is 18.1 Å². The van der Waals surface area contributed by atoms with Gasteiger partial charge in [0.1, 0.15) is 0 Å². The van der Waals surface area contributed by atoms with E-state index in [9.17, 15) is 9.59 Å². The molecule has 0 aliphatic rings. The van der Waals surface area contributed by atoms with E-state index < -0.39 is 5.97 Å². The Labute approximate surface area is 130 Å². The van der Waals surface area contributed by atoms with E-state index in [0.29, 0.717) is 11.5 Å². The third-order valence-electron chi connectivity index (χ3n) is 3.18. The Bertz CT molecular complexity index is 515. The van der Waals surface area contributed by atoms with Crippen LogP contribution in [0.2, 0.25) is 0 Å². The summed E-state index contributed by atoms with van der Waals surface area (Å²) in [5.74, 6) is 0.372. The molecule has 1 aromatic rings. The number of benzene rings is 1. The molecule has 0 spiro atoms. The van der Waals surface area contributed by atoms with Crippen LogP contribution in [0.4, 0.5) is 0 Å². The molecule has 1 rings (SSSR count). The maximum atomic E-state index is 11.8. The molecule has 0 aliphatic heterocycles. The van der Waals surface area contributed by atoms with E-state index in [1.807, 2.05) is 13.8 Å². The number of amides is 1. The highest BCUT2D eigenvalue weighted by molar-refractivity contribution is 5.81. The molecule has 0 heterocycles. The second kappa shape index (κ2) is 8.92. The van der Waals surface area contributed by atoms with Crippen molar-refractivity contribution in [2.45, 2.75) is 32.7 Å². The van der Waals surface area contributed by atoms with Crippen LogP contribution in [0, 0.1) is 0 Å². The van der Waals surface area contributed by atoms with E-state index in [0.717, 1.165) is 12.0 Å². The van der Waals surface area contributed by atoms with Crippen molar-refractivity contribution in [3.05, 3.63) is 23.8 Å². The molecule has 0 saturated carbocycles. The molecular formula is C16H23NO5. The van der Waals surface area contributed by atoms with E-state index in [4.69, 9.17) is 14.2 Å². The van der Waals surface area contributed by atoms with Crippen molar-refractivity contribution in [3.63, 3.8) is 0 Å². The molecule has 1 aromatic carbocycles. The molecule has 6 nitrogen and oxygen atoms in total. The van der Waals surface area contributed by atoms with Crippen molar-refractivity contribution >= 4 is 11.9 Å². The number of carbonyl (C=O) groups excluding carboxylic acids is 2. The normalized spacial score (nSPS) is 11.5. The predicted octanol–water partition coefficient (Wildman–Crippen LogP) is 1.70. The molecule has 0 bridgehead atoms. The number of nitrogens with one attached hydrogen (secondary N) is 1. The summed E-state index contributed by atoms with van der Waals surface area (Å²) < 4.78 is 15.3. The zero-order chi connectivity index (χ0) is 16.5. The lowest BCUT2D eigenvalue weighted by atomic mass is 10.1. The summed E-state index contributed by atoms with van der Waals surface area (Å²) in [5.41, 5.74) is 0.727. The first-order valence-corrected chi connectivity index (χ1v) is 7.16. The highest BCUT2D eigenvalue weighted by Crippen LogP contribution is 2.27. The highest BCUT2D eigenvalue weighted by Gasteiger charge is 2.12. The number of hydrogen-bond acceptors (Lipinski definition) is 5. The summed E-state index contributed by atoms with van der Waals surface area (Å²) in [7, 11) is 3.07. The minimum Gasteiger partial charge on any atom is -0.493 e. The molecule has 0 aromatic heterocycles. The Morgan fingerprint density at radius 1 is 1.18 bits per heavy atom. The van der Waals surface area contributed by atoms with Crippen molar-refractivity contribution in [1.82, 2.24) is 5.32 Å². The van der Waals surface area contributed by atoms with Gasteiger partial charge >= 0.3 is 5.97 Å². The largest absolute Gasteiger partial charge is 0.493 e. The number of ether oxygens (including phenoxy) is 3. The monoisotopic (exact) mass is 309 g/mol. The number of esters is 1. The molecule has 0 fully saturated rings. The molecule has 0 saturated heterocycles. The van der Waals surface area contributed by atoms with Crippen LogP contribution in [0.1, 0.15) is 25.8 Å². The lowest BCUT2D eigenvalue weighted by Crippen LogP contribution is -2.35. The zero-order valence-electron chi connectivity index (χ0n) is 13.5. The Morgan fingerprint density at radius 2 is 1.86 bits per heavy atom. The van der Waals surface area contributed by atoms with Crippen LogP contribution in [-0.2, 0) is 20.7 Å². The van der Waals surface area contributed by atoms with E-state index >= 15 is 0 Å². The molecule has 22 heavy (non-hydrogen) atoms. The van der Waals surface area contributed by atoms with Crippen molar-refractivity contribution in [2.75, 3.05) is 20.8 Å². The molecule has 1 atom stereocenters. The second-order valence-electron chi connectivity index (χ2n) is 4.90. The third-order valence-corrected chi connectivity index (χ3v) is 3.18. The second-order valence-corrected chi connectivity index (χ2v) is 4.90. The van der Waals surface area contributed by atoms with Crippen LogP contribution in [0.25, 0.3) is 0 Å². The lowest BCUT2D eigenvalue weighted by molar-refractivity contribution is -0.148. The van der Waals surface area contributed by atoms with Gasteiger partial charge in [-0.05, 0) is 31.0 Å². The Balaban J connectivity index is 2.50. The van der Waals surface area contributed by atoms with Gasteiger partial charge in [-0.25, -0.2) is 0 Å². The summed E-state index contributed by atoms with van der Waals surface area (Å²) in [5, 5.41) is 2.73. The van der Waals surface area contributed by atoms with Gasteiger partial charge in [-0.15, -0.1) is 0 Å². The molecule has 0 unspecified atom stereocenters. The van der Waals surface area contributed by atoms with E-state index in [1.165, 1.54) is 7.11 Å². The number of carbonyl (C=O) groups is 2. The fourth-order valence-electron chi connectivity index (χ4n) is 1.77. The SMILES string of the molecule is CC[C@H](C)NC(=O)COC(=O)Cc1ccc(OC)c(OC)c1. The minimum atomic E-state index is -0.466. The molecule has 1 amide bonds. The van der Waals surface area contributed by atoms with E-state index in [-0.39, 0.29) is 25.0 Å². The van der Waals surface area contributed by atoms with E-state index in [1.54, 1.807) is 25.3 Å². The van der Waals surface area contributed by atoms with Crippen molar-refractivity contribution < 1.29 is 23.8 Å². The van der Waals surface area contributed by atoms with Crippen LogP contribution in [0.3, 0.4) is 0 Å². The van der Waals surface area contributed by atoms with Crippen LogP contribution >= 0.6 is 0 Å². The molecule has 6 heteroatoms. The Morgan fingerprint density at radius 3 is 2.45 bits per heavy atom. The van der Waals surface area contributed by atoms with Gasteiger partial charge in [0.05, 0.1) is 20.6 Å². The summed E-state index contributed by atoms with van der Waals surface area (Å²) in [4.78, 5) is 23.3. The third kappa shape index (κ3) is 5.63. The maximum absolute atomic E-state index is 11.8. The summed E-state index contributed by atoms with van der Waals surface area (Å²) >= 11 is 0. The fourth-order valence-corrected chi connectivity index (χ4v) is 1.77. The topological polar surface area (TPSA) is 73.9 Å². The van der Waals surface area contributed by atoms with E-state index in [2.05, 4.69) is 5.32 Å². The van der Waals surface area contributed by atoms with Gasteiger partial charge in [0, 0.05) is 6.04 Å². The average Bonchev–Trinajstić information content (AvgIpc) is 2.52. The minimum absolute atomic E-state index is 0.0664. The number of rotatable bonds is 8. The van der Waals surface area contributed by atoms with Crippen molar-refractivity contribution in [1.29, 1.82) is 0 Å². The number of hydrogen-bond donors (Lipinski definition) is 1. The van der Waals surface area contributed by atoms with Gasteiger partial charge in [-0.1, -0.05) is 13.0 Å². The summed E-state index contributed by atoms with van der Waals surface area (Å²) in [6, 6.07) is 5.25. The highest BCUT2D eigenvalue weighted by atomic mass is 16.5. The molecule has 0 aliphatic carbocycles. The molecule has 0 radical (unpaired) electrons. The first kappa shape index (κ1) is 17.8. The van der Waals surface area contributed by atoms with Gasteiger partial charge in [-0.2, -0.15) is 0 Å². The maximum Gasteiger partial charge on any atom is 0.310 e. The first-order valence-electron chi connectivity index (χ1n) is 7.16. The molecular weight excluding hydrogens is 286 g/mol. The van der Waals surface area contributed by atoms with Gasteiger partial charge in [-0.3, -0.25) is 9.59 Å². The zero-order valence-corrected chi connectivity index (χ0v) is 13.5. The number of methoxy groups -OCH3 is 2. The Hall–Kier alpha value is -2.24. The van der Waals surface area contributed by atoms with Crippen LogP contribution < -0.4 is 14.8 Å². The molecule has 1 N–H and O–H groups in total. The van der Waals surface area contributed by atoms with Crippen molar-refractivity contribution in [2.24, 2.45) is 0 Å². The standard InChI is InChI=1S/C16H23NO5/c1-5-11(2)17-15(18)10-22-16(19)9-12-6-7-13(20-3)14(8-12)21-4/h6-8,11H,5,9-10H2,1-4H3,(H,17,18)/t11-/m0/s1. The van der Waals surface area contributed by atoms with Gasteiger partial charge in [0.25, 0.3) is 5.91 Å². The summed E-state index contributed by atoms with van der Waals surface area (Å²) in [6.45, 7) is 3.59. The van der Waals surface area contributed by atoms with Crippen LogP contribution in [0.15, 0.2) is 18.2 Å². The summed E-state index contributed by atoms with van der Waals surface area (Å²) in [6.07, 6.45) is 0.891. The van der Waals surface area contributed by atoms with Crippen LogP contribution in [0.5, 0.6) is 11.5 Å². The van der Waals surface area contributed by atoms with Crippen LogP contribution in [-0.4, -0.2) is 38.7 Å².